The number of sulfonamides is 1. The summed E-state index contributed by atoms with van der Waals surface area (Å²) in [6.45, 7) is 3.17. The van der Waals surface area contributed by atoms with Gasteiger partial charge in [-0.25, -0.2) is 13.2 Å². The molecule has 2 aromatic carbocycles. The zero-order valence-electron chi connectivity index (χ0n) is 18.4. The van der Waals surface area contributed by atoms with E-state index < -0.39 is 16.0 Å². The highest BCUT2D eigenvalue weighted by Crippen LogP contribution is 2.26. The number of carbonyl (C=O) groups excluding carboxylic acids is 2. The standard InChI is InChI=1S/C23H27ClN2O6S/c1-17-2-4-18(5-3-17)6-9-22(27)25-10-13-32-23(28)19-7-8-20(24)21(16-19)33(29,30)26-11-14-31-15-12-26/h2-5,7-8,16H,6,9-15H2,1H3,(H,25,27). The molecule has 0 spiro atoms. The molecule has 0 aliphatic carbocycles. The fraction of sp³-hybridized carbons (Fsp3) is 0.391. The third-order valence-corrected chi connectivity index (χ3v) is 7.55. The minimum absolute atomic E-state index is 0.0267. The molecule has 1 N–H and O–H groups in total. The van der Waals surface area contributed by atoms with Gasteiger partial charge < -0.3 is 14.8 Å². The number of ether oxygens (including phenoxy) is 2. The average molecular weight is 495 g/mol. The monoisotopic (exact) mass is 494 g/mol. The number of hydrogen-bond acceptors (Lipinski definition) is 6. The topological polar surface area (TPSA) is 102 Å². The van der Waals surface area contributed by atoms with Crippen molar-refractivity contribution in [1.29, 1.82) is 0 Å². The van der Waals surface area contributed by atoms with E-state index in [0.29, 0.717) is 26.1 Å². The molecule has 1 heterocycles. The molecular formula is C23H27ClN2O6S. The van der Waals surface area contributed by atoms with Crippen molar-refractivity contribution in [3.05, 3.63) is 64.2 Å². The third-order valence-electron chi connectivity index (χ3n) is 5.17. The summed E-state index contributed by atoms with van der Waals surface area (Å²) in [6, 6.07) is 12.0. The number of aryl methyl sites for hydroxylation is 2. The van der Waals surface area contributed by atoms with E-state index in [4.69, 9.17) is 21.1 Å². The van der Waals surface area contributed by atoms with E-state index in [9.17, 15) is 18.0 Å². The first-order valence-electron chi connectivity index (χ1n) is 10.6. The summed E-state index contributed by atoms with van der Waals surface area (Å²) in [5.41, 5.74) is 2.31. The number of esters is 1. The molecule has 1 aliphatic heterocycles. The summed E-state index contributed by atoms with van der Waals surface area (Å²) in [4.78, 5) is 24.2. The van der Waals surface area contributed by atoms with Crippen LogP contribution in [0.3, 0.4) is 0 Å². The molecule has 33 heavy (non-hydrogen) atoms. The van der Waals surface area contributed by atoms with Crippen LogP contribution in [-0.2, 0) is 30.7 Å². The van der Waals surface area contributed by atoms with Gasteiger partial charge in [-0.15, -0.1) is 0 Å². The van der Waals surface area contributed by atoms with E-state index in [2.05, 4.69) is 5.32 Å². The average Bonchev–Trinajstić information content (AvgIpc) is 2.82. The molecule has 0 radical (unpaired) electrons. The Morgan fingerprint density at radius 2 is 1.82 bits per heavy atom. The molecule has 8 nitrogen and oxygen atoms in total. The highest BCUT2D eigenvalue weighted by molar-refractivity contribution is 7.89. The molecule has 1 saturated heterocycles. The Labute approximate surface area is 198 Å². The highest BCUT2D eigenvalue weighted by atomic mass is 35.5. The van der Waals surface area contributed by atoms with Crippen LogP contribution in [0.4, 0.5) is 0 Å². The van der Waals surface area contributed by atoms with Gasteiger partial charge in [0.2, 0.25) is 15.9 Å². The van der Waals surface area contributed by atoms with Crippen LogP contribution in [0.15, 0.2) is 47.4 Å². The minimum atomic E-state index is -3.86. The van der Waals surface area contributed by atoms with Crippen molar-refractivity contribution in [2.75, 3.05) is 39.5 Å². The predicted molar refractivity (Wildman–Crippen MR) is 124 cm³/mol. The summed E-state index contributed by atoms with van der Waals surface area (Å²) >= 11 is 6.11. The maximum atomic E-state index is 12.9. The maximum Gasteiger partial charge on any atom is 0.338 e. The van der Waals surface area contributed by atoms with Crippen molar-refractivity contribution in [1.82, 2.24) is 9.62 Å². The summed E-state index contributed by atoms with van der Waals surface area (Å²) in [5.74, 6) is -0.837. The van der Waals surface area contributed by atoms with Crippen molar-refractivity contribution in [2.45, 2.75) is 24.7 Å². The summed E-state index contributed by atoms with van der Waals surface area (Å²) in [5, 5.41) is 2.73. The van der Waals surface area contributed by atoms with Crippen molar-refractivity contribution < 1.29 is 27.5 Å². The van der Waals surface area contributed by atoms with Crippen LogP contribution in [0, 0.1) is 6.92 Å². The number of hydrogen-bond donors (Lipinski definition) is 1. The number of halogens is 1. The lowest BCUT2D eigenvalue weighted by atomic mass is 10.1. The van der Waals surface area contributed by atoms with Gasteiger partial charge in [0.05, 0.1) is 30.3 Å². The first-order chi connectivity index (χ1) is 15.8. The molecule has 0 bridgehead atoms. The van der Waals surface area contributed by atoms with E-state index in [0.717, 1.165) is 11.1 Å². The van der Waals surface area contributed by atoms with Gasteiger partial charge in [0.1, 0.15) is 11.5 Å². The summed E-state index contributed by atoms with van der Waals surface area (Å²) in [6.07, 6.45) is 0.952. The molecule has 0 aromatic heterocycles. The fourth-order valence-electron chi connectivity index (χ4n) is 3.27. The SMILES string of the molecule is Cc1ccc(CCC(=O)NCCOC(=O)c2ccc(Cl)c(S(=O)(=O)N3CCOCC3)c2)cc1. The normalized spacial score (nSPS) is 14.6. The molecule has 0 saturated carbocycles. The third kappa shape index (κ3) is 7.01. The summed E-state index contributed by atoms with van der Waals surface area (Å²) in [7, 11) is -3.86. The lowest BCUT2D eigenvalue weighted by Crippen LogP contribution is -2.40. The van der Waals surface area contributed by atoms with Crippen molar-refractivity contribution in [3.8, 4) is 0 Å². The van der Waals surface area contributed by atoms with E-state index in [-0.39, 0.29) is 47.6 Å². The van der Waals surface area contributed by atoms with Crippen LogP contribution in [0.1, 0.15) is 27.9 Å². The fourth-order valence-corrected chi connectivity index (χ4v) is 5.18. The van der Waals surface area contributed by atoms with Gasteiger partial charge in [-0.05, 0) is 37.1 Å². The largest absolute Gasteiger partial charge is 0.460 e. The quantitative estimate of drug-likeness (QED) is 0.424. The van der Waals surface area contributed by atoms with E-state index >= 15 is 0 Å². The van der Waals surface area contributed by atoms with Gasteiger partial charge in [0.15, 0.2) is 0 Å². The molecular weight excluding hydrogens is 468 g/mol. The lowest BCUT2D eigenvalue weighted by molar-refractivity contribution is -0.121. The number of carbonyl (C=O) groups is 2. The predicted octanol–water partition coefficient (Wildman–Crippen LogP) is 2.58. The van der Waals surface area contributed by atoms with Gasteiger partial charge in [-0.3, -0.25) is 4.79 Å². The smallest absolute Gasteiger partial charge is 0.338 e. The Bertz CT molecular complexity index is 1080. The van der Waals surface area contributed by atoms with Crippen molar-refractivity contribution in [2.24, 2.45) is 0 Å². The molecule has 0 atom stereocenters. The molecule has 10 heteroatoms. The molecule has 2 aromatic rings. The van der Waals surface area contributed by atoms with Crippen LogP contribution in [0.25, 0.3) is 0 Å². The first-order valence-corrected chi connectivity index (χ1v) is 12.5. The van der Waals surface area contributed by atoms with E-state index in [1.165, 1.54) is 22.5 Å². The molecule has 1 amide bonds. The van der Waals surface area contributed by atoms with Gasteiger partial charge >= 0.3 is 5.97 Å². The maximum absolute atomic E-state index is 12.9. The number of amides is 1. The second-order valence-electron chi connectivity index (χ2n) is 7.63. The Morgan fingerprint density at radius 3 is 2.52 bits per heavy atom. The van der Waals surface area contributed by atoms with Crippen LogP contribution >= 0.6 is 11.6 Å². The van der Waals surface area contributed by atoms with Gasteiger partial charge in [0.25, 0.3) is 0 Å². The van der Waals surface area contributed by atoms with Gasteiger partial charge in [0, 0.05) is 19.5 Å². The Kier molecular flexibility index (Phi) is 8.85. The van der Waals surface area contributed by atoms with Crippen LogP contribution in [-0.4, -0.2) is 64.1 Å². The zero-order chi connectivity index (χ0) is 23.8. The zero-order valence-corrected chi connectivity index (χ0v) is 20.0. The number of morpholine rings is 1. The first kappa shape index (κ1) is 25.2. The van der Waals surface area contributed by atoms with Crippen molar-refractivity contribution >= 4 is 33.5 Å². The molecule has 0 unspecified atom stereocenters. The highest BCUT2D eigenvalue weighted by Gasteiger charge is 2.29. The second-order valence-corrected chi connectivity index (χ2v) is 9.95. The van der Waals surface area contributed by atoms with E-state index in [1.807, 2.05) is 31.2 Å². The number of rotatable bonds is 9. The lowest BCUT2D eigenvalue weighted by Gasteiger charge is -2.26. The van der Waals surface area contributed by atoms with Crippen molar-refractivity contribution in [3.63, 3.8) is 0 Å². The molecule has 1 fully saturated rings. The Balaban J connectivity index is 1.48. The number of benzene rings is 2. The molecule has 1 aliphatic rings. The van der Waals surface area contributed by atoms with Crippen LogP contribution in [0.5, 0.6) is 0 Å². The number of nitrogens with one attached hydrogen (secondary N) is 1. The summed E-state index contributed by atoms with van der Waals surface area (Å²) < 4.78 is 37.4. The Hall–Kier alpha value is -2.46. The van der Waals surface area contributed by atoms with Crippen LogP contribution in [0.2, 0.25) is 5.02 Å². The molecule has 178 valence electrons. The van der Waals surface area contributed by atoms with Gasteiger partial charge in [-0.2, -0.15) is 4.31 Å². The van der Waals surface area contributed by atoms with Crippen LogP contribution < -0.4 is 5.32 Å². The second kappa shape index (κ2) is 11.6. The molecule has 3 rings (SSSR count). The van der Waals surface area contributed by atoms with E-state index in [1.54, 1.807) is 0 Å². The minimum Gasteiger partial charge on any atom is -0.460 e. The van der Waals surface area contributed by atoms with Gasteiger partial charge in [-0.1, -0.05) is 41.4 Å². The Morgan fingerprint density at radius 1 is 1.12 bits per heavy atom. The number of nitrogens with zero attached hydrogens (tertiary/aromatic N) is 1.